The second kappa shape index (κ2) is 6.72. The van der Waals surface area contributed by atoms with E-state index in [1.807, 2.05) is 6.20 Å². The van der Waals surface area contributed by atoms with Gasteiger partial charge in [0, 0.05) is 37.7 Å². The number of rotatable bonds is 3. The summed E-state index contributed by atoms with van der Waals surface area (Å²) in [7, 11) is 1.79. The van der Waals surface area contributed by atoms with Gasteiger partial charge in [-0.3, -0.25) is 10.00 Å². The molecular formula is C19H23FN4O2. The lowest BCUT2D eigenvalue weighted by Crippen LogP contribution is -2.35. The summed E-state index contributed by atoms with van der Waals surface area (Å²) in [6.45, 7) is 3.27. The summed E-state index contributed by atoms with van der Waals surface area (Å²) in [5.74, 6) is -0.247. The number of aromatic amines is 1. The van der Waals surface area contributed by atoms with Crippen LogP contribution in [0.5, 0.6) is 0 Å². The Hall–Kier alpha value is -2.41. The molecule has 1 amide bonds. The summed E-state index contributed by atoms with van der Waals surface area (Å²) in [6.07, 6.45) is 4.35. The lowest BCUT2D eigenvalue weighted by Gasteiger charge is -2.25. The van der Waals surface area contributed by atoms with E-state index in [0.717, 1.165) is 55.7 Å². The van der Waals surface area contributed by atoms with E-state index < -0.39 is 0 Å². The molecule has 1 aromatic carbocycles. The van der Waals surface area contributed by atoms with Crippen LogP contribution in [-0.2, 0) is 11.3 Å². The minimum absolute atomic E-state index is 0.216. The third-order valence-corrected chi connectivity index (χ3v) is 5.38. The predicted molar refractivity (Wildman–Crippen MR) is 95.0 cm³/mol. The maximum atomic E-state index is 13.2. The lowest BCUT2D eigenvalue weighted by atomic mass is 9.95. The number of amides is 1. The molecule has 7 heteroatoms. The summed E-state index contributed by atoms with van der Waals surface area (Å²) >= 11 is 0. The number of aromatic nitrogens is 2. The van der Waals surface area contributed by atoms with Crippen LogP contribution in [0.3, 0.4) is 0 Å². The standard InChI is InChI=1S/C19H23FN4O2/c1-23-13-19(26-18(23)25)7-2-9-24(10-8-19)12-15-11-21-22-17(15)14-3-5-16(20)6-4-14/h3-6,11H,2,7-10,12-13H2,1H3,(H,21,22)/t19-/m1/s1. The number of likely N-dealkylation sites (tertiary alicyclic amines) is 1. The van der Waals surface area contributed by atoms with E-state index in [-0.39, 0.29) is 17.5 Å². The van der Waals surface area contributed by atoms with Gasteiger partial charge in [-0.2, -0.15) is 5.10 Å². The van der Waals surface area contributed by atoms with Gasteiger partial charge in [-0.25, -0.2) is 9.18 Å². The van der Waals surface area contributed by atoms with Crippen molar-refractivity contribution >= 4 is 6.09 Å². The average molecular weight is 358 g/mol. The quantitative estimate of drug-likeness (QED) is 0.916. The van der Waals surface area contributed by atoms with Crippen LogP contribution in [0.4, 0.5) is 9.18 Å². The van der Waals surface area contributed by atoms with Gasteiger partial charge in [0.25, 0.3) is 0 Å². The number of nitrogens with zero attached hydrogens (tertiary/aromatic N) is 3. The normalized spacial score (nSPS) is 24.1. The SMILES string of the molecule is CN1C[C@]2(CCCN(Cc3cn[nH]c3-c3ccc(F)cc3)CC2)OC1=O. The van der Waals surface area contributed by atoms with Gasteiger partial charge in [-0.1, -0.05) is 0 Å². The number of H-pyrrole nitrogens is 1. The molecule has 1 N–H and O–H groups in total. The molecule has 2 saturated heterocycles. The van der Waals surface area contributed by atoms with Crippen LogP contribution < -0.4 is 0 Å². The van der Waals surface area contributed by atoms with Gasteiger partial charge >= 0.3 is 6.09 Å². The molecule has 2 aliphatic rings. The van der Waals surface area contributed by atoms with Crippen molar-refractivity contribution < 1.29 is 13.9 Å². The van der Waals surface area contributed by atoms with Crippen molar-refractivity contribution in [3.05, 3.63) is 41.8 Å². The molecule has 2 fully saturated rings. The third-order valence-electron chi connectivity index (χ3n) is 5.38. The summed E-state index contributed by atoms with van der Waals surface area (Å²) in [5, 5.41) is 7.21. The highest BCUT2D eigenvalue weighted by molar-refractivity contribution is 5.70. The highest BCUT2D eigenvalue weighted by Crippen LogP contribution is 2.33. The van der Waals surface area contributed by atoms with E-state index in [0.29, 0.717) is 6.54 Å². The topological polar surface area (TPSA) is 61.5 Å². The smallest absolute Gasteiger partial charge is 0.410 e. The molecule has 2 aliphatic heterocycles. The van der Waals surface area contributed by atoms with Crippen LogP contribution in [0, 0.1) is 5.82 Å². The largest absolute Gasteiger partial charge is 0.441 e. The monoisotopic (exact) mass is 358 g/mol. The van der Waals surface area contributed by atoms with Gasteiger partial charge in [-0.15, -0.1) is 0 Å². The minimum Gasteiger partial charge on any atom is -0.441 e. The molecule has 0 unspecified atom stereocenters. The van der Waals surface area contributed by atoms with Crippen LogP contribution >= 0.6 is 0 Å². The Morgan fingerprint density at radius 1 is 1.27 bits per heavy atom. The summed E-state index contributed by atoms with van der Waals surface area (Å²) < 4.78 is 18.8. The number of carbonyl (C=O) groups is 1. The number of ether oxygens (including phenoxy) is 1. The molecule has 1 aromatic heterocycles. The number of carbonyl (C=O) groups excluding carboxylic acids is 1. The van der Waals surface area contributed by atoms with Gasteiger partial charge < -0.3 is 9.64 Å². The third kappa shape index (κ3) is 3.31. The van der Waals surface area contributed by atoms with E-state index in [2.05, 4.69) is 15.1 Å². The number of likely N-dealkylation sites (N-methyl/N-ethyl adjacent to an activating group) is 1. The Morgan fingerprint density at radius 2 is 2.08 bits per heavy atom. The first-order valence-electron chi connectivity index (χ1n) is 8.99. The number of benzene rings is 1. The molecular weight excluding hydrogens is 335 g/mol. The molecule has 1 spiro atoms. The summed E-state index contributed by atoms with van der Waals surface area (Å²) in [6, 6.07) is 6.44. The van der Waals surface area contributed by atoms with Crippen molar-refractivity contribution in [1.82, 2.24) is 20.0 Å². The van der Waals surface area contributed by atoms with Gasteiger partial charge in [0.05, 0.1) is 18.4 Å². The lowest BCUT2D eigenvalue weighted by molar-refractivity contribution is 0.0443. The minimum atomic E-state index is -0.337. The molecule has 3 heterocycles. The predicted octanol–water partition coefficient (Wildman–Crippen LogP) is 3.02. The molecule has 0 aliphatic carbocycles. The van der Waals surface area contributed by atoms with Crippen molar-refractivity contribution in [2.24, 2.45) is 0 Å². The van der Waals surface area contributed by atoms with Crippen LogP contribution in [0.25, 0.3) is 11.3 Å². The molecule has 26 heavy (non-hydrogen) atoms. The van der Waals surface area contributed by atoms with Gasteiger partial charge in [-0.05, 0) is 43.7 Å². The Morgan fingerprint density at radius 3 is 2.81 bits per heavy atom. The zero-order valence-corrected chi connectivity index (χ0v) is 14.9. The van der Waals surface area contributed by atoms with Crippen LogP contribution in [-0.4, -0.2) is 58.4 Å². The Kier molecular flexibility index (Phi) is 4.40. The van der Waals surface area contributed by atoms with E-state index in [1.54, 1.807) is 24.1 Å². The van der Waals surface area contributed by atoms with Gasteiger partial charge in [0.15, 0.2) is 0 Å². The number of hydrogen-bond donors (Lipinski definition) is 1. The van der Waals surface area contributed by atoms with Crippen molar-refractivity contribution in [3.63, 3.8) is 0 Å². The highest BCUT2D eigenvalue weighted by Gasteiger charge is 2.44. The first-order valence-corrected chi connectivity index (χ1v) is 8.99. The fourth-order valence-corrected chi connectivity index (χ4v) is 3.97. The molecule has 6 nitrogen and oxygen atoms in total. The van der Waals surface area contributed by atoms with E-state index in [9.17, 15) is 9.18 Å². The number of hydrogen-bond acceptors (Lipinski definition) is 4. The maximum Gasteiger partial charge on any atom is 0.410 e. The molecule has 1 atom stereocenters. The first kappa shape index (κ1) is 17.0. The van der Waals surface area contributed by atoms with Gasteiger partial charge in [0.2, 0.25) is 0 Å². The molecule has 0 saturated carbocycles. The fraction of sp³-hybridized carbons (Fsp3) is 0.474. The van der Waals surface area contributed by atoms with Crippen LogP contribution in [0.15, 0.2) is 30.5 Å². The van der Waals surface area contributed by atoms with Gasteiger partial charge in [0.1, 0.15) is 11.4 Å². The second-order valence-corrected chi connectivity index (χ2v) is 7.31. The molecule has 0 radical (unpaired) electrons. The highest BCUT2D eigenvalue weighted by atomic mass is 19.1. The van der Waals surface area contributed by atoms with E-state index in [4.69, 9.17) is 4.74 Å². The molecule has 138 valence electrons. The van der Waals surface area contributed by atoms with E-state index in [1.165, 1.54) is 12.1 Å². The van der Waals surface area contributed by atoms with Crippen LogP contribution in [0.1, 0.15) is 24.8 Å². The molecule has 0 bridgehead atoms. The fourth-order valence-electron chi connectivity index (χ4n) is 3.97. The Labute approximate surface area is 151 Å². The van der Waals surface area contributed by atoms with E-state index >= 15 is 0 Å². The number of halogens is 1. The number of nitrogens with one attached hydrogen (secondary N) is 1. The van der Waals surface area contributed by atoms with Crippen molar-refractivity contribution in [1.29, 1.82) is 0 Å². The average Bonchev–Trinajstić information content (AvgIpc) is 3.12. The van der Waals surface area contributed by atoms with Crippen molar-refractivity contribution in [2.75, 3.05) is 26.7 Å². The van der Waals surface area contributed by atoms with Crippen molar-refractivity contribution in [3.8, 4) is 11.3 Å². The Bertz CT molecular complexity index is 791. The van der Waals surface area contributed by atoms with Crippen molar-refractivity contribution in [2.45, 2.75) is 31.4 Å². The maximum absolute atomic E-state index is 13.2. The van der Waals surface area contributed by atoms with Crippen LogP contribution in [0.2, 0.25) is 0 Å². The summed E-state index contributed by atoms with van der Waals surface area (Å²) in [4.78, 5) is 15.8. The second-order valence-electron chi connectivity index (χ2n) is 7.31. The molecule has 4 rings (SSSR count). The molecule has 2 aromatic rings. The first-order chi connectivity index (χ1) is 12.5. The Balaban J connectivity index is 1.45. The zero-order chi connectivity index (χ0) is 18.1. The summed E-state index contributed by atoms with van der Waals surface area (Å²) in [5.41, 5.74) is 2.61. The zero-order valence-electron chi connectivity index (χ0n) is 14.9.